The van der Waals surface area contributed by atoms with Crippen molar-refractivity contribution >= 4 is 16.7 Å². The fraction of sp³-hybridized carbons (Fsp3) is 0.458. The first kappa shape index (κ1) is 18.6. The molecule has 2 aliphatic heterocycles. The Morgan fingerprint density at radius 1 is 1.00 bits per heavy atom. The van der Waals surface area contributed by atoms with Gasteiger partial charge in [-0.2, -0.15) is 0 Å². The fourth-order valence-corrected chi connectivity index (χ4v) is 4.71. The largest absolute Gasteiger partial charge is 0.355 e. The highest BCUT2D eigenvalue weighted by Gasteiger charge is 2.23. The van der Waals surface area contributed by atoms with Gasteiger partial charge in [0, 0.05) is 56.9 Å². The Morgan fingerprint density at radius 3 is 2.55 bits per heavy atom. The van der Waals surface area contributed by atoms with Crippen LogP contribution in [0.2, 0.25) is 0 Å². The number of aromatic nitrogens is 2. The van der Waals surface area contributed by atoms with Crippen LogP contribution >= 0.6 is 0 Å². The lowest BCUT2D eigenvalue weighted by Gasteiger charge is -2.33. The molecular formula is C24H31N5. The number of piperazine rings is 1. The normalized spacial score (nSPS) is 18.4. The van der Waals surface area contributed by atoms with E-state index in [1.54, 1.807) is 0 Å². The van der Waals surface area contributed by atoms with Gasteiger partial charge in [0.2, 0.25) is 0 Å². The smallest absolute Gasteiger partial charge is 0.153 e. The predicted molar refractivity (Wildman–Crippen MR) is 120 cm³/mol. The molecule has 5 rings (SSSR count). The summed E-state index contributed by atoms with van der Waals surface area (Å²) in [5.41, 5.74) is 7.89. The maximum atomic E-state index is 5.20. The second kappa shape index (κ2) is 7.47. The standard InChI is InChI=1S/C24H31N5/c1-17-18(2)25-23-22(17)14-21(16-28-12-10-27(3)11-13-28)26-24(23)29-9-8-19-6-4-5-7-20(19)15-29/h4-7,14,25H,8-13,15-16H2,1-3H3. The summed E-state index contributed by atoms with van der Waals surface area (Å²) in [4.78, 5) is 16.2. The molecule has 0 saturated carbocycles. The molecule has 29 heavy (non-hydrogen) atoms. The minimum atomic E-state index is 0.935. The third-order valence-corrected chi connectivity index (χ3v) is 6.74. The van der Waals surface area contributed by atoms with E-state index in [1.807, 2.05) is 0 Å². The molecule has 2 aliphatic rings. The highest BCUT2D eigenvalue weighted by Crippen LogP contribution is 2.32. The van der Waals surface area contributed by atoms with Crippen molar-refractivity contribution in [1.29, 1.82) is 0 Å². The van der Waals surface area contributed by atoms with Crippen LogP contribution in [-0.4, -0.2) is 59.5 Å². The second-order valence-corrected chi connectivity index (χ2v) is 8.75. The fourth-order valence-electron chi connectivity index (χ4n) is 4.71. The summed E-state index contributed by atoms with van der Waals surface area (Å²) in [6.45, 7) is 11.8. The van der Waals surface area contributed by atoms with Crippen molar-refractivity contribution in [3.8, 4) is 0 Å². The molecule has 0 radical (unpaired) electrons. The van der Waals surface area contributed by atoms with Gasteiger partial charge in [-0.1, -0.05) is 24.3 Å². The number of fused-ring (bicyclic) bond motifs is 2. The van der Waals surface area contributed by atoms with Gasteiger partial charge in [-0.25, -0.2) is 4.98 Å². The van der Waals surface area contributed by atoms with Gasteiger partial charge in [0.15, 0.2) is 5.82 Å². The van der Waals surface area contributed by atoms with E-state index in [-0.39, 0.29) is 0 Å². The predicted octanol–water partition coefficient (Wildman–Crippen LogP) is 3.49. The van der Waals surface area contributed by atoms with E-state index in [0.29, 0.717) is 0 Å². The summed E-state index contributed by atoms with van der Waals surface area (Å²) in [6.07, 6.45) is 1.08. The molecule has 1 N–H and O–H groups in total. The number of aromatic amines is 1. The molecule has 0 atom stereocenters. The number of likely N-dealkylation sites (N-methyl/N-ethyl adjacent to an activating group) is 1. The SMILES string of the molecule is Cc1[nH]c2c(N3CCc4ccccc4C3)nc(CN3CCN(C)CC3)cc2c1C. The maximum absolute atomic E-state index is 5.20. The number of rotatable bonds is 3. The number of nitrogens with one attached hydrogen (secondary N) is 1. The van der Waals surface area contributed by atoms with Crippen LogP contribution in [0.4, 0.5) is 5.82 Å². The Morgan fingerprint density at radius 2 is 1.76 bits per heavy atom. The average molecular weight is 390 g/mol. The highest BCUT2D eigenvalue weighted by molar-refractivity contribution is 5.93. The van der Waals surface area contributed by atoms with Crippen LogP contribution in [-0.2, 0) is 19.5 Å². The Bertz CT molecular complexity index is 1030. The van der Waals surface area contributed by atoms with E-state index in [1.165, 1.54) is 39.0 Å². The molecule has 1 aromatic carbocycles. The van der Waals surface area contributed by atoms with Gasteiger partial charge >= 0.3 is 0 Å². The number of nitrogens with zero attached hydrogens (tertiary/aromatic N) is 4. The highest BCUT2D eigenvalue weighted by atomic mass is 15.3. The van der Waals surface area contributed by atoms with Gasteiger partial charge in [-0.15, -0.1) is 0 Å². The van der Waals surface area contributed by atoms with Gasteiger partial charge < -0.3 is 14.8 Å². The summed E-state index contributed by atoms with van der Waals surface area (Å²) in [5.74, 6) is 1.12. The number of hydrogen-bond acceptors (Lipinski definition) is 4. The van der Waals surface area contributed by atoms with Crippen LogP contribution in [0.5, 0.6) is 0 Å². The number of anilines is 1. The first-order valence-corrected chi connectivity index (χ1v) is 10.8. The monoisotopic (exact) mass is 389 g/mol. The summed E-state index contributed by atoms with van der Waals surface area (Å²) >= 11 is 0. The van der Waals surface area contributed by atoms with Crippen molar-refractivity contribution in [1.82, 2.24) is 19.8 Å². The van der Waals surface area contributed by atoms with Crippen LogP contribution in [0.3, 0.4) is 0 Å². The first-order chi connectivity index (χ1) is 14.1. The number of H-pyrrole nitrogens is 1. The van der Waals surface area contributed by atoms with E-state index in [4.69, 9.17) is 4.98 Å². The first-order valence-electron chi connectivity index (χ1n) is 10.8. The van der Waals surface area contributed by atoms with Gasteiger partial charge in [0.05, 0.1) is 11.2 Å². The molecule has 0 bridgehead atoms. The molecule has 5 heteroatoms. The topological polar surface area (TPSA) is 38.4 Å². The van der Waals surface area contributed by atoms with Crippen molar-refractivity contribution in [2.24, 2.45) is 0 Å². The molecule has 1 fully saturated rings. The summed E-state index contributed by atoms with van der Waals surface area (Å²) < 4.78 is 0. The number of benzene rings is 1. The molecule has 2 aromatic heterocycles. The second-order valence-electron chi connectivity index (χ2n) is 8.75. The third-order valence-electron chi connectivity index (χ3n) is 6.74. The Kier molecular flexibility index (Phi) is 4.80. The lowest BCUT2D eigenvalue weighted by atomic mass is 10.00. The Balaban J connectivity index is 1.51. The van der Waals surface area contributed by atoms with Crippen LogP contribution in [0, 0.1) is 13.8 Å². The zero-order valence-corrected chi connectivity index (χ0v) is 17.8. The quantitative estimate of drug-likeness (QED) is 0.744. The van der Waals surface area contributed by atoms with Gasteiger partial charge in [0.25, 0.3) is 0 Å². The summed E-state index contributed by atoms with van der Waals surface area (Å²) in [5, 5.41) is 1.33. The number of hydrogen-bond donors (Lipinski definition) is 1. The van der Waals surface area contributed by atoms with Gasteiger partial charge in [0.1, 0.15) is 0 Å². The van der Waals surface area contributed by atoms with Crippen molar-refractivity contribution in [3.05, 3.63) is 58.4 Å². The van der Waals surface area contributed by atoms with E-state index in [0.717, 1.165) is 58.1 Å². The molecule has 0 spiro atoms. The lowest BCUT2D eigenvalue weighted by molar-refractivity contribution is 0.147. The van der Waals surface area contributed by atoms with Crippen LogP contribution in [0.15, 0.2) is 30.3 Å². The molecule has 0 amide bonds. The molecule has 4 heterocycles. The van der Waals surface area contributed by atoms with Crippen LogP contribution in [0.25, 0.3) is 10.9 Å². The molecule has 0 aliphatic carbocycles. The van der Waals surface area contributed by atoms with E-state index < -0.39 is 0 Å². The van der Waals surface area contributed by atoms with Crippen molar-refractivity contribution in [2.75, 3.05) is 44.7 Å². The van der Waals surface area contributed by atoms with Crippen LogP contribution in [0.1, 0.15) is 28.1 Å². The Hall–Kier alpha value is -2.37. The van der Waals surface area contributed by atoms with E-state index in [9.17, 15) is 0 Å². The van der Waals surface area contributed by atoms with Crippen molar-refractivity contribution in [3.63, 3.8) is 0 Å². The summed E-state index contributed by atoms with van der Waals surface area (Å²) in [7, 11) is 2.21. The molecule has 1 saturated heterocycles. The minimum absolute atomic E-state index is 0.935. The molecule has 0 unspecified atom stereocenters. The third kappa shape index (κ3) is 3.53. The average Bonchev–Trinajstić information content (AvgIpc) is 3.03. The zero-order chi connectivity index (χ0) is 20.0. The molecular weight excluding hydrogens is 358 g/mol. The van der Waals surface area contributed by atoms with Crippen LogP contribution < -0.4 is 4.90 Å². The minimum Gasteiger partial charge on any atom is -0.355 e. The summed E-state index contributed by atoms with van der Waals surface area (Å²) in [6, 6.07) is 11.1. The van der Waals surface area contributed by atoms with E-state index in [2.05, 4.69) is 70.9 Å². The lowest BCUT2D eigenvalue weighted by Crippen LogP contribution is -2.44. The molecule has 3 aromatic rings. The van der Waals surface area contributed by atoms with Gasteiger partial charge in [-0.05, 0) is 50.1 Å². The maximum Gasteiger partial charge on any atom is 0.153 e. The molecule has 5 nitrogen and oxygen atoms in total. The zero-order valence-electron chi connectivity index (χ0n) is 17.8. The van der Waals surface area contributed by atoms with Gasteiger partial charge in [-0.3, -0.25) is 4.90 Å². The van der Waals surface area contributed by atoms with Crippen molar-refractivity contribution < 1.29 is 0 Å². The number of aryl methyl sites for hydroxylation is 2. The van der Waals surface area contributed by atoms with Crippen molar-refractivity contribution in [2.45, 2.75) is 33.4 Å². The van der Waals surface area contributed by atoms with E-state index >= 15 is 0 Å². The number of pyridine rings is 1. The Labute approximate surface area is 173 Å². The molecule has 152 valence electrons.